The Hall–Kier alpha value is -0.0400. The summed E-state index contributed by atoms with van der Waals surface area (Å²) < 4.78 is 0. The van der Waals surface area contributed by atoms with E-state index < -0.39 is 0 Å². The van der Waals surface area contributed by atoms with E-state index in [2.05, 4.69) is 18.7 Å². The standard InChI is InChI=1S/C8H16N/c1-2-9-8-6-4-3-5-7-8/h4,8-9H,2-3,5-7H2,1H3. The van der Waals surface area contributed by atoms with E-state index in [-0.39, 0.29) is 0 Å². The van der Waals surface area contributed by atoms with E-state index >= 15 is 0 Å². The molecule has 0 bridgehead atoms. The quantitative estimate of drug-likeness (QED) is 0.594. The topological polar surface area (TPSA) is 12.0 Å². The molecule has 1 aliphatic carbocycles. The average Bonchev–Trinajstić information content (AvgIpc) is 1.91. The summed E-state index contributed by atoms with van der Waals surface area (Å²) in [5.41, 5.74) is 0. The Labute approximate surface area is 57.8 Å². The Balaban J connectivity index is 2.08. The molecule has 1 heteroatoms. The molecule has 53 valence electrons. The minimum absolute atomic E-state index is 0.795. The Bertz CT molecular complexity index is 62.2. The highest BCUT2D eigenvalue weighted by Gasteiger charge is 2.10. The van der Waals surface area contributed by atoms with Gasteiger partial charge in [0, 0.05) is 6.04 Å². The molecule has 1 fully saturated rings. The maximum Gasteiger partial charge on any atom is 0.00696 e. The van der Waals surface area contributed by atoms with E-state index in [1.54, 1.807) is 0 Å². The molecule has 1 atom stereocenters. The van der Waals surface area contributed by atoms with Crippen molar-refractivity contribution in [3.63, 3.8) is 0 Å². The second-order valence-electron chi connectivity index (χ2n) is 2.71. The highest BCUT2D eigenvalue weighted by molar-refractivity contribution is 4.81. The highest BCUT2D eigenvalue weighted by atomic mass is 14.9. The molecule has 1 nitrogen and oxygen atoms in total. The molecular formula is C8H16N. The van der Waals surface area contributed by atoms with Gasteiger partial charge in [-0.05, 0) is 25.8 Å². The lowest BCUT2D eigenvalue weighted by molar-refractivity contribution is 0.431. The lowest BCUT2D eigenvalue weighted by atomic mass is 9.96. The molecule has 0 saturated heterocycles. The smallest absolute Gasteiger partial charge is 0.00696 e. The van der Waals surface area contributed by atoms with Crippen LogP contribution in [-0.4, -0.2) is 12.6 Å². The fraction of sp³-hybridized carbons (Fsp3) is 0.875. The zero-order valence-corrected chi connectivity index (χ0v) is 6.19. The van der Waals surface area contributed by atoms with Gasteiger partial charge in [-0.15, -0.1) is 0 Å². The van der Waals surface area contributed by atoms with Gasteiger partial charge in [-0.2, -0.15) is 0 Å². The summed E-state index contributed by atoms with van der Waals surface area (Å²) in [7, 11) is 0. The number of rotatable bonds is 2. The van der Waals surface area contributed by atoms with Crippen molar-refractivity contribution in [3.8, 4) is 0 Å². The number of hydrogen-bond donors (Lipinski definition) is 1. The first-order valence-electron chi connectivity index (χ1n) is 3.98. The molecule has 0 aromatic heterocycles. The third kappa shape index (κ3) is 2.35. The van der Waals surface area contributed by atoms with Gasteiger partial charge >= 0.3 is 0 Å². The second-order valence-corrected chi connectivity index (χ2v) is 2.71. The third-order valence-corrected chi connectivity index (χ3v) is 1.90. The normalized spacial score (nSPS) is 22.3. The van der Waals surface area contributed by atoms with Gasteiger partial charge in [0.15, 0.2) is 0 Å². The van der Waals surface area contributed by atoms with Crippen LogP contribution in [0.4, 0.5) is 0 Å². The molecule has 0 aromatic rings. The summed E-state index contributed by atoms with van der Waals surface area (Å²) in [6, 6.07) is 0.795. The molecule has 0 heterocycles. The molecule has 1 rings (SSSR count). The predicted octanol–water partition coefficient (Wildman–Crippen LogP) is 1.74. The molecule has 1 N–H and O–H groups in total. The molecule has 9 heavy (non-hydrogen) atoms. The van der Waals surface area contributed by atoms with Gasteiger partial charge < -0.3 is 5.32 Å². The first-order valence-corrected chi connectivity index (χ1v) is 3.98. The minimum Gasteiger partial charge on any atom is -0.314 e. The van der Waals surface area contributed by atoms with Gasteiger partial charge in [-0.1, -0.05) is 19.8 Å². The Morgan fingerprint density at radius 1 is 1.67 bits per heavy atom. The van der Waals surface area contributed by atoms with Crippen molar-refractivity contribution in [3.05, 3.63) is 6.42 Å². The predicted molar refractivity (Wildman–Crippen MR) is 40.2 cm³/mol. The summed E-state index contributed by atoms with van der Waals surface area (Å²) in [4.78, 5) is 0. The van der Waals surface area contributed by atoms with Crippen LogP contribution in [0.2, 0.25) is 0 Å². The Morgan fingerprint density at radius 2 is 2.56 bits per heavy atom. The van der Waals surface area contributed by atoms with Crippen molar-refractivity contribution in [2.24, 2.45) is 0 Å². The molecule has 1 saturated carbocycles. The molecule has 1 radical (unpaired) electrons. The first kappa shape index (κ1) is 7.07. The lowest BCUT2D eigenvalue weighted by Crippen LogP contribution is -2.30. The van der Waals surface area contributed by atoms with Crippen LogP contribution in [0.5, 0.6) is 0 Å². The molecular weight excluding hydrogens is 110 g/mol. The van der Waals surface area contributed by atoms with Crippen LogP contribution in [0.25, 0.3) is 0 Å². The zero-order chi connectivity index (χ0) is 6.53. The van der Waals surface area contributed by atoms with Crippen LogP contribution in [0.1, 0.15) is 32.6 Å². The average molecular weight is 126 g/mol. The van der Waals surface area contributed by atoms with E-state index in [4.69, 9.17) is 0 Å². The number of hydrogen-bond acceptors (Lipinski definition) is 1. The zero-order valence-electron chi connectivity index (χ0n) is 6.19. The van der Waals surface area contributed by atoms with Gasteiger partial charge in [-0.25, -0.2) is 0 Å². The van der Waals surface area contributed by atoms with Crippen LogP contribution < -0.4 is 5.32 Å². The van der Waals surface area contributed by atoms with E-state index in [0.29, 0.717) is 0 Å². The molecule has 0 spiro atoms. The SMILES string of the molecule is CCNC1C[CH]CCC1. The van der Waals surface area contributed by atoms with Crippen LogP contribution in [-0.2, 0) is 0 Å². The van der Waals surface area contributed by atoms with Crippen LogP contribution in [0.3, 0.4) is 0 Å². The van der Waals surface area contributed by atoms with Crippen LogP contribution >= 0.6 is 0 Å². The third-order valence-electron chi connectivity index (χ3n) is 1.90. The van der Waals surface area contributed by atoms with Crippen LogP contribution in [0, 0.1) is 6.42 Å². The van der Waals surface area contributed by atoms with Crippen molar-refractivity contribution in [2.45, 2.75) is 38.6 Å². The van der Waals surface area contributed by atoms with Crippen molar-refractivity contribution in [1.82, 2.24) is 5.32 Å². The fourth-order valence-electron chi connectivity index (χ4n) is 1.42. The van der Waals surface area contributed by atoms with Gasteiger partial charge in [0.05, 0.1) is 0 Å². The highest BCUT2D eigenvalue weighted by Crippen LogP contribution is 2.15. The summed E-state index contributed by atoms with van der Waals surface area (Å²) in [5.74, 6) is 0. The summed E-state index contributed by atoms with van der Waals surface area (Å²) in [6.45, 7) is 3.30. The van der Waals surface area contributed by atoms with Crippen molar-refractivity contribution < 1.29 is 0 Å². The minimum atomic E-state index is 0.795. The van der Waals surface area contributed by atoms with Crippen molar-refractivity contribution >= 4 is 0 Å². The van der Waals surface area contributed by atoms with Crippen LogP contribution in [0.15, 0.2) is 0 Å². The van der Waals surface area contributed by atoms with E-state index in [0.717, 1.165) is 12.6 Å². The fourth-order valence-corrected chi connectivity index (χ4v) is 1.42. The van der Waals surface area contributed by atoms with Gasteiger partial charge in [-0.3, -0.25) is 0 Å². The Morgan fingerprint density at radius 3 is 3.11 bits per heavy atom. The lowest BCUT2D eigenvalue weighted by Gasteiger charge is -2.21. The maximum absolute atomic E-state index is 3.45. The Kier molecular flexibility index (Phi) is 3.05. The van der Waals surface area contributed by atoms with Gasteiger partial charge in [0.25, 0.3) is 0 Å². The number of nitrogens with one attached hydrogen (secondary N) is 1. The van der Waals surface area contributed by atoms with Crippen molar-refractivity contribution in [1.29, 1.82) is 0 Å². The second kappa shape index (κ2) is 3.89. The van der Waals surface area contributed by atoms with E-state index in [1.165, 1.54) is 25.7 Å². The molecule has 1 unspecified atom stereocenters. The monoisotopic (exact) mass is 126 g/mol. The molecule has 1 aliphatic rings. The summed E-state index contributed by atoms with van der Waals surface area (Å²) in [5, 5.41) is 3.45. The largest absolute Gasteiger partial charge is 0.314 e. The molecule has 0 aromatic carbocycles. The van der Waals surface area contributed by atoms with Crippen molar-refractivity contribution in [2.75, 3.05) is 6.54 Å². The first-order chi connectivity index (χ1) is 4.43. The van der Waals surface area contributed by atoms with E-state index in [1.807, 2.05) is 0 Å². The molecule has 0 amide bonds. The van der Waals surface area contributed by atoms with E-state index in [9.17, 15) is 0 Å². The van der Waals surface area contributed by atoms with Gasteiger partial charge in [0.2, 0.25) is 0 Å². The maximum atomic E-state index is 3.45. The molecule has 0 aliphatic heterocycles. The van der Waals surface area contributed by atoms with Gasteiger partial charge in [0.1, 0.15) is 0 Å². The summed E-state index contributed by atoms with van der Waals surface area (Å²) >= 11 is 0. The summed E-state index contributed by atoms with van der Waals surface area (Å²) in [6.07, 6.45) is 7.79.